The van der Waals surface area contributed by atoms with Gasteiger partial charge in [-0.3, -0.25) is 0 Å². The van der Waals surface area contributed by atoms with E-state index < -0.39 is 0 Å². The Bertz CT molecular complexity index is 260. The van der Waals surface area contributed by atoms with Crippen molar-refractivity contribution >= 4 is 11.8 Å². The first-order valence-corrected chi connectivity index (χ1v) is 5.68. The maximum Gasteiger partial charge on any atom is 0.0798 e. The van der Waals surface area contributed by atoms with Gasteiger partial charge in [0.2, 0.25) is 0 Å². The van der Waals surface area contributed by atoms with E-state index in [1.807, 2.05) is 25.1 Å². The Morgan fingerprint density at radius 1 is 1.31 bits per heavy atom. The average Bonchev–Trinajstić information content (AvgIpc) is 2.18. The molecule has 1 unspecified atom stereocenters. The van der Waals surface area contributed by atoms with E-state index in [1.165, 1.54) is 4.90 Å². The van der Waals surface area contributed by atoms with Gasteiger partial charge < -0.3 is 5.11 Å². The molecule has 13 heavy (non-hydrogen) atoms. The number of hydrogen-bond donors (Lipinski definition) is 1. The van der Waals surface area contributed by atoms with E-state index in [1.54, 1.807) is 11.8 Å². The standard InChI is InChI=1S/C11H16OS/c1-3-10(12)9-7-5-6-8-11(9)13-4-2/h5-8,10,12H,3-4H2,1-2H3. The van der Waals surface area contributed by atoms with Gasteiger partial charge in [-0.25, -0.2) is 0 Å². The monoisotopic (exact) mass is 196 g/mol. The van der Waals surface area contributed by atoms with E-state index in [4.69, 9.17) is 0 Å². The van der Waals surface area contributed by atoms with Crippen LogP contribution in [0.3, 0.4) is 0 Å². The maximum absolute atomic E-state index is 9.72. The minimum Gasteiger partial charge on any atom is -0.388 e. The summed E-state index contributed by atoms with van der Waals surface area (Å²) < 4.78 is 0. The highest BCUT2D eigenvalue weighted by molar-refractivity contribution is 7.99. The quantitative estimate of drug-likeness (QED) is 0.746. The van der Waals surface area contributed by atoms with Gasteiger partial charge >= 0.3 is 0 Å². The Labute approximate surface area is 84.2 Å². The molecule has 0 amide bonds. The molecule has 0 heterocycles. The normalized spacial score (nSPS) is 12.8. The van der Waals surface area contributed by atoms with Gasteiger partial charge in [0.05, 0.1) is 6.10 Å². The zero-order valence-corrected chi connectivity index (χ0v) is 8.97. The van der Waals surface area contributed by atoms with E-state index in [9.17, 15) is 5.11 Å². The maximum atomic E-state index is 9.72. The molecule has 72 valence electrons. The van der Waals surface area contributed by atoms with E-state index >= 15 is 0 Å². The topological polar surface area (TPSA) is 20.2 Å². The summed E-state index contributed by atoms with van der Waals surface area (Å²) in [5.74, 6) is 1.05. The molecule has 1 atom stereocenters. The van der Waals surface area contributed by atoms with Crippen molar-refractivity contribution < 1.29 is 5.11 Å². The third-order valence-electron chi connectivity index (χ3n) is 1.96. The third-order valence-corrected chi connectivity index (χ3v) is 2.94. The molecular formula is C11H16OS. The summed E-state index contributed by atoms with van der Waals surface area (Å²) >= 11 is 1.79. The van der Waals surface area contributed by atoms with Crippen molar-refractivity contribution in [2.45, 2.75) is 31.3 Å². The van der Waals surface area contributed by atoms with Crippen LogP contribution in [0.4, 0.5) is 0 Å². The lowest BCUT2D eigenvalue weighted by molar-refractivity contribution is 0.171. The first kappa shape index (κ1) is 10.6. The van der Waals surface area contributed by atoms with Crippen molar-refractivity contribution in [3.63, 3.8) is 0 Å². The molecule has 1 aromatic carbocycles. The average molecular weight is 196 g/mol. The lowest BCUT2D eigenvalue weighted by Crippen LogP contribution is -1.97. The first-order chi connectivity index (χ1) is 6.29. The summed E-state index contributed by atoms with van der Waals surface area (Å²) in [5, 5.41) is 9.72. The highest BCUT2D eigenvalue weighted by atomic mass is 32.2. The van der Waals surface area contributed by atoms with E-state index in [-0.39, 0.29) is 6.10 Å². The minimum absolute atomic E-state index is 0.310. The second-order valence-electron chi connectivity index (χ2n) is 2.89. The molecule has 0 aliphatic heterocycles. The molecular weight excluding hydrogens is 180 g/mol. The number of thioether (sulfide) groups is 1. The van der Waals surface area contributed by atoms with Crippen LogP contribution in [0.5, 0.6) is 0 Å². The molecule has 1 N–H and O–H groups in total. The van der Waals surface area contributed by atoms with E-state index in [0.29, 0.717) is 0 Å². The predicted octanol–water partition coefficient (Wildman–Crippen LogP) is 3.24. The number of aliphatic hydroxyl groups excluding tert-OH is 1. The molecule has 0 spiro atoms. The van der Waals surface area contributed by atoms with Crippen LogP contribution < -0.4 is 0 Å². The summed E-state index contributed by atoms with van der Waals surface area (Å²) in [7, 11) is 0. The lowest BCUT2D eigenvalue weighted by atomic mass is 10.1. The largest absolute Gasteiger partial charge is 0.388 e. The molecule has 1 rings (SSSR count). The Kier molecular flexibility index (Phi) is 4.33. The Balaban J connectivity index is 2.90. The fourth-order valence-electron chi connectivity index (χ4n) is 1.26. The van der Waals surface area contributed by atoms with Crippen molar-refractivity contribution in [2.75, 3.05) is 5.75 Å². The molecule has 0 fully saturated rings. The molecule has 0 aliphatic carbocycles. The molecule has 0 bridgehead atoms. The Morgan fingerprint density at radius 3 is 2.62 bits per heavy atom. The molecule has 1 aromatic rings. The predicted molar refractivity (Wildman–Crippen MR) is 58.1 cm³/mol. The smallest absolute Gasteiger partial charge is 0.0798 e. The molecule has 1 nitrogen and oxygen atoms in total. The first-order valence-electron chi connectivity index (χ1n) is 4.69. The van der Waals surface area contributed by atoms with Gasteiger partial charge in [-0.15, -0.1) is 11.8 Å². The van der Waals surface area contributed by atoms with Crippen molar-refractivity contribution in [1.82, 2.24) is 0 Å². The summed E-state index contributed by atoms with van der Waals surface area (Å²) in [6, 6.07) is 8.08. The van der Waals surface area contributed by atoms with Crippen LogP contribution in [0.2, 0.25) is 0 Å². The van der Waals surface area contributed by atoms with Crippen LogP contribution in [0.15, 0.2) is 29.2 Å². The molecule has 2 heteroatoms. The molecule has 0 radical (unpaired) electrons. The Morgan fingerprint density at radius 2 is 2.00 bits per heavy atom. The van der Waals surface area contributed by atoms with Gasteiger partial charge in [-0.2, -0.15) is 0 Å². The summed E-state index contributed by atoms with van der Waals surface area (Å²) in [6.07, 6.45) is 0.469. The zero-order chi connectivity index (χ0) is 9.68. The van der Waals surface area contributed by atoms with Gasteiger partial charge in [-0.05, 0) is 23.8 Å². The zero-order valence-electron chi connectivity index (χ0n) is 8.16. The second-order valence-corrected chi connectivity index (χ2v) is 4.20. The van der Waals surface area contributed by atoms with Crippen LogP contribution in [0.1, 0.15) is 31.9 Å². The summed E-state index contributed by atoms with van der Waals surface area (Å²) in [6.45, 7) is 4.12. The number of aliphatic hydroxyl groups is 1. The minimum atomic E-state index is -0.310. The van der Waals surface area contributed by atoms with Crippen LogP contribution in [-0.4, -0.2) is 10.9 Å². The van der Waals surface area contributed by atoms with Gasteiger partial charge in [0.25, 0.3) is 0 Å². The van der Waals surface area contributed by atoms with Gasteiger partial charge in [0.1, 0.15) is 0 Å². The Hall–Kier alpha value is -0.470. The fraction of sp³-hybridized carbons (Fsp3) is 0.455. The SMILES string of the molecule is CCSc1ccccc1C(O)CC. The molecule has 0 saturated carbocycles. The van der Waals surface area contributed by atoms with E-state index in [2.05, 4.69) is 13.0 Å². The van der Waals surface area contributed by atoms with Crippen molar-refractivity contribution in [3.8, 4) is 0 Å². The number of rotatable bonds is 4. The summed E-state index contributed by atoms with van der Waals surface area (Å²) in [5.41, 5.74) is 1.07. The third kappa shape index (κ3) is 2.75. The number of benzene rings is 1. The molecule has 0 aliphatic rings. The lowest BCUT2D eigenvalue weighted by Gasteiger charge is -2.12. The van der Waals surface area contributed by atoms with Crippen LogP contribution in [-0.2, 0) is 0 Å². The van der Waals surface area contributed by atoms with Crippen molar-refractivity contribution in [3.05, 3.63) is 29.8 Å². The van der Waals surface area contributed by atoms with Gasteiger partial charge in [0.15, 0.2) is 0 Å². The highest BCUT2D eigenvalue weighted by Gasteiger charge is 2.08. The molecule has 0 saturated heterocycles. The molecule has 0 aromatic heterocycles. The van der Waals surface area contributed by atoms with E-state index in [0.717, 1.165) is 17.7 Å². The second kappa shape index (κ2) is 5.30. The van der Waals surface area contributed by atoms with Crippen LogP contribution >= 0.6 is 11.8 Å². The summed E-state index contributed by atoms with van der Waals surface area (Å²) in [4.78, 5) is 1.21. The van der Waals surface area contributed by atoms with Crippen LogP contribution in [0.25, 0.3) is 0 Å². The van der Waals surface area contributed by atoms with Crippen molar-refractivity contribution in [1.29, 1.82) is 0 Å². The van der Waals surface area contributed by atoms with Crippen LogP contribution in [0, 0.1) is 0 Å². The highest BCUT2D eigenvalue weighted by Crippen LogP contribution is 2.28. The number of hydrogen-bond acceptors (Lipinski definition) is 2. The fourth-order valence-corrected chi connectivity index (χ4v) is 2.12. The van der Waals surface area contributed by atoms with Gasteiger partial charge in [-0.1, -0.05) is 32.0 Å². The van der Waals surface area contributed by atoms with Crippen molar-refractivity contribution in [2.24, 2.45) is 0 Å². The van der Waals surface area contributed by atoms with Gasteiger partial charge in [0, 0.05) is 4.90 Å².